The first-order valence-electron chi connectivity index (χ1n) is 7.88. The summed E-state index contributed by atoms with van der Waals surface area (Å²) in [5.74, 6) is 0.0961. The van der Waals surface area contributed by atoms with Crippen LogP contribution < -0.4 is 4.74 Å². The highest BCUT2D eigenvalue weighted by Gasteiger charge is 2.17. The highest BCUT2D eigenvalue weighted by atomic mass is 16.5. The molecule has 0 bridgehead atoms. The van der Waals surface area contributed by atoms with E-state index >= 15 is 0 Å². The molecule has 4 nitrogen and oxygen atoms in total. The van der Waals surface area contributed by atoms with E-state index in [1.807, 2.05) is 18.2 Å². The van der Waals surface area contributed by atoms with Crippen LogP contribution in [0.3, 0.4) is 0 Å². The van der Waals surface area contributed by atoms with Crippen LogP contribution in [0.25, 0.3) is 0 Å². The quantitative estimate of drug-likeness (QED) is 0.437. The third-order valence-electron chi connectivity index (χ3n) is 3.56. The molecule has 0 heterocycles. The monoisotopic (exact) mass is 306 g/mol. The number of ether oxygens (including phenoxy) is 1. The van der Waals surface area contributed by atoms with Gasteiger partial charge >= 0.3 is 11.9 Å². The van der Waals surface area contributed by atoms with Gasteiger partial charge in [0.1, 0.15) is 5.75 Å². The summed E-state index contributed by atoms with van der Waals surface area (Å²) in [7, 11) is 0. The number of rotatable bonds is 8. The largest absolute Gasteiger partial charge is 0.481 e. The molecule has 0 aliphatic heterocycles. The van der Waals surface area contributed by atoms with E-state index in [0.717, 1.165) is 11.1 Å². The number of carbonyl (C=O) groups excluding carboxylic acids is 1. The summed E-state index contributed by atoms with van der Waals surface area (Å²) in [6.07, 6.45) is 1.36. The lowest BCUT2D eigenvalue weighted by Crippen LogP contribution is -2.12. The molecule has 0 saturated heterocycles. The van der Waals surface area contributed by atoms with E-state index in [4.69, 9.17) is 9.84 Å². The van der Waals surface area contributed by atoms with Crippen molar-refractivity contribution in [1.29, 1.82) is 0 Å². The first kappa shape index (κ1) is 18.2. The predicted molar refractivity (Wildman–Crippen MR) is 86.4 cm³/mol. The van der Waals surface area contributed by atoms with Crippen LogP contribution >= 0.6 is 0 Å². The summed E-state index contributed by atoms with van der Waals surface area (Å²) in [6, 6.07) is 5.97. The molecule has 1 rings (SSSR count). The van der Waals surface area contributed by atoms with Crippen molar-refractivity contribution in [3.63, 3.8) is 0 Å². The zero-order valence-electron chi connectivity index (χ0n) is 13.9. The minimum Gasteiger partial charge on any atom is -0.481 e. The molecule has 1 aromatic carbocycles. The standard InChI is InChI=1S/C18H26O4/c1-12(2)14-8-7-9-15(13(3)4)18(14)22-17(21)11-6-5-10-16(19)20/h7-9,12-13H,5-6,10-11H2,1-4H3,(H,19,20). The van der Waals surface area contributed by atoms with Crippen molar-refractivity contribution in [2.24, 2.45) is 0 Å². The molecule has 0 saturated carbocycles. The van der Waals surface area contributed by atoms with Crippen LogP contribution in [-0.4, -0.2) is 17.0 Å². The van der Waals surface area contributed by atoms with Crippen LogP contribution in [0.5, 0.6) is 5.75 Å². The fraction of sp³-hybridized carbons (Fsp3) is 0.556. The Labute approximate surface area is 132 Å². The normalized spacial score (nSPS) is 11.0. The van der Waals surface area contributed by atoms with Gasteiger partial charge in [-0.25, -0.2) is 0 Å². The molecule has 0 fully saturated rings. The molecule has 0 aliphatic carbocycles. The highest BCUT2D eigenvalue weighted by molar-refractivity contribution is 5.73. The van der Waals surface area contributed by atoms with Gasteiger partial charge in [0, 0.05) is 12.8 Å². The van der Waals surface area contributed by atoms with Gasteiger partial charge < -0.3 is 9.84 Å². The second-order valence-electron chi connectivity index (χ2n) is 6.15. The first-order valence-corrected chi connectivity index (χ1v) is 7.88. The molecule has 0 aliphatic rings. The smallest absolute Gasteiger partial charge is 0.311 e. The lowest BCUT2D eigenvalue weighted by atomic mass is 9.94. The number of para-hydroxylation sites is 1. The number of hydrogen-bond donors (Lipinski definition) is 1. The van der Waals surface area contributed by atoms with E-state index in [2.05, 4.69) is 27.7 Å². The number of hydrogen-bond acceptors (Lipinski definition) is 3. The van der Waals surface area contributed by atoms with E-state index in [1.165, 1.54) is 0 Å². The number of carbonyl (C=O) groups is 2. The average molecular weight is 306 g/mol. The number of carboxylic acid groups (broad SMARTS) is 1. The zero-order valence-corrected chi connectivity index (χ0v) is 13.9. The van der Waals surface area contributed by atoms with Gasteiger partial charge in [0.05, 0.1) is 0 Å². The van der Waals surface area contributed by atoms with Crippen LogP contribution in [0.1, 0.15) is 76.3 Å². The summed E-state index contributed by atoms with van der Waals surface area (Å²) in [4.78, 5) is 22.5. The van der Waals surface area contributed by atoms with Crippen LogP contribution in [0, 0.1) is 0 Å². The van der Waals surface area contributed by atoms with E-state index < -0.39 is 5.97 Å². The number of esters is 1. The highest BCUT2D eigenvalue weighted by Crippen LogP contribution is 2.34. The summed E-state index contributed by atoms with van der Waals surface area (Å²) >= 11 is 0. The Morgan fingerprint density at radius 2 is 1.50 bits per heavy atom. The van der Waals surface area contributed by atoms with Crippen molar-refractivity contribution in [3.05, 3.63) is 29.3 Å². The summed E-state index contributed by atoms with van der Waals surface area (Å²) in [6.45, 7) is 8.29. The molecule has 0 amide bonds. The van der Waals surface area contributed by atoms with Gasteiger partial charge in [-0.15, -0.1) is 0 Å². The number of carboxylic acids is 1. The summed E-state index contributed by atoms with van der Waals surface area (Å²) in [5, 5.41) is 8.59. The Balaban J connectivity index is 2.78. The van der Waals surface area contributed by atoms with Gasteiger partial charge in [-0.2, -0.15) is 0 Å². The van der Waals surface area contributed by atoms with Crippen LogP contribution in [0.2, 0.25) is 0 Å². The van der Waals surface area contributed by atoms with Crippen molar-refractivity contribution in [2.45, 2.75) is 65.2 Å². The van der Waals surface area contributed by atoms with Gasteiger partial charge in [-0.1, -0.05) is 45.9 Å². The Hall–Kier alpha value is -1.84. The van der Waals surface area contributed by atoms with Gasteiger partial charge in [-0.3, -0.25) is 9.59 Å². The van der Waals surface area contributed by atoms with Gasteiger partial charge in [0.15, 0.2) is 0 Å². The molecule has 1 aromatic rings. The van der Waals surface area contributed by atoms with Crippen molar-refractivity contribution < 1.29 is 19.4 Å². The second kappa shape index (κ2) is 8.57. The second-order valence-corrected chi connectivity index (χ2v) is 6.15. The molecule has 0 aromatic heterocycles. The van der Waals surface area contributed by atoms with Gasteiger partial charge in [-0.05, 0) is 35.8 Å². The molecule has 1 N–H and O–H groups in total. The number of unbranched alkanes of at least 4 members (excludes halogenated alkanes) is 1. The maximum atomic E-state index is 12.0. The average Bonchev–Trinajstić information content (AvgIpc) is 2.43. The molecule has 0 atom stereocenters. The lowest BCUT2D eigenvalue weighted by molar-refractivity contribution is -0.138. The topological polar surface area (TPSA) is 63.6 Å². The molecule has 0 radical (unpaired) electrons. The van der Waals surface area contributed by atoms with Crippen LogP contribution in [0.15, 0.2) is 18.2 Å². The molecule has 122 valence electrons. The van der Waals surface area contributed by atoms with Crippen LogP contribution in [-0.2, 0) is 9.59 Å². The maximum absolute atomic E-state index is 12.0. The fourth-order valence-corrected chi connectivity index (χ4v) is 2.31. The number of benzene rings is 1. The lowest BCUT2D eigenvalue weighted by Gasteiger charge is -2.18. The predicted octanol–water partition coefficient (Wildman–Crippen LogP) is 4.48. The van der Waals surface area contributed by atoms with Crippen molar-refractivity contribution in [3.8, 4) is 5.75 Å². The Morgan fingerprint density at radius 1 is 1.00 bits per heavy atom. The Kier molecular flexibility index (Phi) is 7.09. The molecular formula is C18H26O4. The van der Waals surface area contributed by atoms with Gasteiger partial charge in [0.25, 0.3) is 0 Å². The SMILES string of the molecule is CC(C)c1cccc(C(C)C)c1OC(=O)CCCCC(=O)O. The molecule has 4 heteroatoms. The minimum atomic E-state index is -0.833. The Bertz CT molecular complexity index is 492. The molecule has 0 unspecified atom stereocenters. The minimum absolute atomic E-state index is 0.0904. The third kappa shape index (κ3) is 5.51. The molecule has 22 heavy (non-hydrogen) atoms. The zero-order chi connectivity index (χ0) is 16.7. The van der Waals surface area contributed by atoms with E-state index in [1.54, 1.807) is 0 Å². The maximum Gasteiger partial charge on any atom is 0.311 e. The van der Waals surface area contributed by atoms with Crippen LogP contribution in [0.4, 0.5) is 0 Å². The first-order chi connectivity index (χ1) is 10.3. The van der Waals surface area contributed by atoms with E-state index in [9.17, 15) is 9.59 Å². The summed E-state index contributed by atoms with van der Waals surface area (Å²) in [5.41, 5.74) is 2.06. The van der Waals surface area contributed by atoms with Crippen molar-refractivity contribution in [2.75, 3.05) is 0 Å². The third-order valence-corrected chi connectivity index (χ3v) is 3.56. The molecule has 0 spiro atoms. The fourth-order valence-electron chi connectivity index (χ4n) is 2.31. The van der Waals surface area contributed by atoms with Crippen molar-refractivity contribution in [1.82, 2.24) is 0 Å². The summed E-state index contributed by atoms with van der Waals surface area (Å²) < 4.78 is 5.62. The van der Waals surface area contributed by atoms with E-state index in [0.29, 0.717) is 18.6 Å². The van der Waals surface area contributed by atoms with Crippen molar-refractivity contribution >= 4 is 11.9 Å². The Morgan fingerprint density at radius 3 is 1.95 bits per heavy atom. The number of aliphatic carboxylic acids is 1. The van der Waals surface area contributed by atoms with E-state index in [-0.39, 0.29) is 30.6 Å². The van der Waals surface area contributed by atoms with Gasteiger partial charge in [0.2, 0.25) is 0 Å². The molecular weight excluding hydrogens is 280 g/mol.